The van der Waals surface area contributed by atoms with E-state index >= 15 is 0 Å². The minimum Gasteiger partial charge on any atom is -0.450 e. The van der Waals surface area contributed by atoms with Gasteiger partial charge in [0.25, 0.3) is 0 Å². The van der Waals surface area contributed by atoms with Crippen LogP contribution in [0, 0.1) is 30.1 Å². The van der Waals surface area contributed by atoms with Gasteiger partial charge in [-0.1, -0.05) is 0 Å². The average molecular weight is 328 g/mol. The Morgan fingerprint density at radius 2 is 1.67 bits per heavy atom. The van der Waals surface area contributed by atoms with Crippen molar-refractivity contribution in [3.63, 3.8) is 0 Å². The van der Waals surface area contributed by atoms with Gasteiger partial charge in [-0.05, 0) is 70.1 Å². The lowest BCUT2D eigenvalue weighted by atomic mass is 9.48. The summed E-state index contributed by atoms with van der Waals surface area (Å²) in [6, 6.07) is 0. The van der Waals surface area contributed by atoms with Crippen LogP contribution in [0.3, 0.4) is 0 Å². The number of esters is 1. The normalized spacial score (nSPS) is 34.8. The van der Waals surface area contributed by atoms with Crippen LogP contribution in [0.1, 0.15) is 61.6 Å². The highest BCUT2D eigenvalue weighted by Crippen LogP contribution is 2.60. The van der Waals surface area contributed by atoms with E-state index in [-0.39, 0.29) is 16.9 Å². The van der Waals surface area contributed by atoms with Gasteiger partial charge in [0.05, 0.1) is 11.9 Å². The summed E-state index contributed by atoms with van der Waals surface area (Å²) < 4.78 is 5.44. The van der Waals surface area contributed by atoms with E-state index < -0.39 is 12.1 Å². The summed E-state index contributed by atoms with van der Waals surface area (Å²) in [6.45, 7) is 3.52. The second-order valence-corrected chi connectivity index (χ2v) is 8.15. The van der Waals surface area contributed by atoms with Crippen LogP contribution in [0.15, 0.2) is 12.4 Å². The monoisotopic (exact) mass is 328 g/mol. The van der Waals surface area contributed by atoms with Gasteiger partial charge in [0, 0.05) is 11.6 Å². The number of carbonyl (C=O) groups is 2. The van der Waals surface area contributed by atoms with E-state index in [1.165, 1.54) is 31.7 Å². The van der Waals surface area contributed by atoms with Crippen molar-refractivity contribution < 1.29 is 14.3 Å². The van der Waals surface area contributed by atoms with Crippen LogP contribution in [0.4, 0.5) is 0 Å². The largest absolute Gasteiger partial charge is 0.450 e. The van der Waals surface area contributed by atoms with Crippen molar-refractivity contribution in [2.45, 2.75) is 58.5 Å². The highest BCUT2D eigenvalue weighted by molar-refractivity contribution is 5.93. The van der Waals surface area contributed by atoms with Crippen molar-refractivity contribution in [2.75, 3.05) is 0 Å². The van der Waals surface area contributed by atoms with Gasteiger partial charge >= 0.3 is 5.97 Å². The molecule has 0 N–H and O–H groups in total. The van der Waals surface area contributed by atoms with Crippen LogP contribution in [0.25, 0.3) is 0 Å². The molecule has 24 heavy (non-hydrogen) atoms. The van der Waals surface area contributed by atoms with Crippen molar-refractivity contribution in [3.05, 3.63) is 23.8 Å². The number of Topliss-reactive ketones (excluding diaryl/α,β-unsaturated/α-hetero) is 1. The molecule has 1 aromatic rings. The van der Waals surface area contributed by atoms with Crippen molar-refractivity contribution in [3.8, 4) is 0 Å². The second-order valence-electron chi connectivity index (χ2n) is 8.15. The van der Waals surface area contributed by atoms with Gasteiger partial charge in [-0.2, -0.15) is 0 Å². The molecule has 4 bridgehead atoms. The molecule has 1 atom stereocenters. The van der Waals surface area contributed by atoms with E-state index in [2.05, 4.69) is 9.97 Å². The third-order valence-electron chi connectivity index (χ3n) is 6.20. The molecule has 1 aromatic heterocycles. The fourth-order valence-electron chi connectivity index (χ4n) is 5.62. The Hall–Kier alpha value is -1.78. The number of carbonyl (C=O) groups excluding carboxylic acids is 2. The number of hydrogen-bond acceptors (Lipinski definition) is 5. The summed E-state index contributed by atoms with van der Waals surface area (Å²) in [5.41, 5.74) is 0.655. The zero-order valence-corrected chi connectivity index (χ0v) is 14.3. The Kier molecular flexibility index (Phi) is 3.70. The maximum absolute atomic E-state index is 13.1. The number of ketones is 1. The van der Waals surface area contributed by atoms with Gasteiger partial charge in [0.2, 0.25) is 0 Å². The molecule has 5 rings (SSSR count). The fourth-order valence-corrected chi connectivity index (χ4v) is 5.62. The topological polar surface area (TPSA) is 69.2 Å². The van der Waals surface area contributed by atoms with Gasteiger partial charge in [0.15, 0.2) is 17.6 Å². The summed E-state index contributed by atoms with van der Waals surface area (Å²) in [4.78, 5) is 33.4. The van der Waals surface area contributed by atoms with E-state index in [1.807, 2.05) is 0 Å². The van der Waals surface area contributed by atoms with Gasteiger partial charge < -0.3 is 4.74 Å². The molecule has 4 fully saturated rings. The minimum atomic E-state index is -0.711. The van der Waals surface area contributed by atoms with Gasteiger partial charge in [-0.3, -0.25) is 9.78 Å². The lowest BCUT2D eigenvalue weighted by Gasteiger charge is -2.56. The lowest BCUT2D eigenvalue weighted by Crippen LogP contribution is -2.52. The molecule has 1 heterocycles. The SMILES string of the molecule is Cc1cnc(C(=O)OC(C)C(=O)C23CC4CC(CC(C4)C2)C3)cn1. The first-order valence-corrected chi connectivity index (χ1v) is 8.99. The number of nitrogens with zero attached hydrogens (tertiary/aromatic N) is 2. The first kappa shape index (κ1) is 15.7. The van der Waals surface area contributed by atoms with Crippen LogP contribution in [-0.4, -0.2) is 27.8 Å². The Morgan fingerprint density at radius 3 is 2.17 bits per heavy atom. The third kappa shape index (κ3) is 2.64. The van der Waals surface area contributed by atoms with Crippen LogP contribution in [-0.2, 0) is 9.53 Å². The molecular formula is C19H24N2O3. The van der Waals surface area contributed by atoms with Crippen LogP contribution in [0.5, 0.6) is 0 Å². The quantitative estimate of drug-likeness (QED) is 0.794. The van der Waals surface area contributed by atoms with Gasteiger partial charge in [0.1, 0.15) is 0 Å². The molecular weight excluding hydrogens is 304 g/mol. The summed E-state index contributed by atoms with van der Waals surface area (Å²) >= 11 is 0. The highest BCUT2D eigenvalue weighted by Gasteiger charge is 2.55. The van der Waals surface area contributed by atoms with Gasteiger partial charge in [-0.15, -0.1) is 0 Å². The zero-order valence-electron chi connectivity index (χ0n) is 14.3. The summed E-state index contributed by atoms with van der Waals surface area (Å²) in [6.07, 6.45) is 9.07. The minimum absolute atomic E-state index is 0.120. The third-order valence-corrected chi connectivity index (χ3v) is 6.20. The molecule has 5 nitrogen and oxygen atoms in total. The summed E-state index contributed by atoms with van der Waals surface area (Å²) in [5, 5.41) is 0. The zero-order chi connectivity index (χ0) is 16.9. The molecule has 4 aliphatic carbocycles. The molecule has 5 heteroatoms. The summed E-state index contributed by atoms with van der Waals surface area (Å²) in [7, 11) is 0. The highest BCUT2D eigenvalue weighted by atomic mass is 16.5. The van der Waals surface area contributed by atoms with Crippen LogP contribution < -0.4 is 0 Å². The molecule has 128 valence electrons. The number of hydrogen-bond donors (Lipinski definition) is 0. The molecule has 1 unspecified atom stereocenters. The second kappa shape index (κ2) is 5.64. The molecule has 0 radical (unpaired) electrons. The first-order chi connectivity index (χ1) is 11.4. The van der Waals surface area contributed by atoms with Crippen molar-refractivity contribution in [1.29, 1.82) is 0 Å². The predicted octanol–water partition coefficient (Wildman–Crippen LogP) is 3.12. The number of aromatic nitrogens is 2. The smallest absolute Gasteiger partial charge is 0.359 e. The number of aryl methyl sites for hydroxylation is 1. The summed E-state index contributed by atoms with van der Waals surface area (Å²) in [5.74, 6) is 1.66. The van der Waals surface area contributed by atoms with Crippen molar-refractivity contribution >= 4 is 11.8 Å². The van der Waals surface area contributed by atoms with Crippen LogP contribution >= 0.6 is 0 Å². The molecule has 0 aliphatic heterocycles. The maximum Gasteiger partial charge on any atom is 0.359 e. The molecule has 0 amide bonds. The molecule has 4 saturated carbocycles. The molecule has 4 aliphatic rings. The van der Waals surface area contributed by atoms with Crippen LogP contribution in [0.2, 0.25) is 0 Å². The molecule has 0 aromatic carbocycles. The average Bonchev–Trinajstić information content (AvgIpc) is 2.53. The van der Waals surface area contributed by atoms with E-state index in [9.17, 15) is 9.59 Å². The van der Waals surface area contributed by atoms with E-state index in [0.29, 0.717) is 17.8 Å². The lowest BCUT2D eigenvalue weighted by molar-refractivity contribution is -0.152. The Labute approximate surface area is 142 Å². The fraction of sp³-hybridized carbons (Fsp3) is 0.684. The van der Waals surface area contributed by atoms with Crippen molar-refractivity contribution in [1.82, 2.24) is 9.97 Å². The van der Waals surface area contributed by atoms with Crippen molar-refractivity contribution in [2.24, 2.45) is 23.2 Å². The van der Waals surface area contributed by atoms with Gasteiger partial charge in [-0.25, -0.2) is 9.78 Å². The maximum atomic E-state index is 13.1. The Balaban J connectivity index is 1.46. The van der Waals surface area contributed by atoms with E-state index in [1.54, 1.807) is 13.8 Å². The van der Waals surface area contributed by atoms with E-state index in [4.69, 9.17) is 4.74 Å². The number of ether oxygens (including phenoxy) is 1. The molecule has 0 saturated heterocycles. The standard InChI is InChI=1S/C19H24N2O3/c1-11-9-21-16(10-20-11)18(23)24-12(2)17(22)19-6-13-3-14(7-19)5-15(4-13)8-19/h9-10,12-15H,3-8H2,1-2H3. The predicted molar refractivity (Wildman–Crippen MR) is 87.3 cm³/mol. The van der Waals surface area contributed by atoms with E-state index in [0.717, 1.165) is 25.0 Å². The molecule has 0 spiro atoms. The Bertz CT molecular complexity index is 632. The first-order valence-electron chi connectivity index (χ1n) is 8.99. The Morgan fingerprint density at radius 1 is 1.08 bits per heavy atom. The number of rotatable bonds is 4.